The molecule has 1 aliphatic carbocycles. The number of amides is 2. The highest BCUT2D eigenvalue weighted by atomic mass is 32.2. The molecule has 0 bridgehead atoms. The minimum Gasteiger partial charge on any atom is -0.353 e. The summed E-state index contributed by atoms with van der Waals surface area (Å²) < 4.78 is 0. The first-order valence-electron chi connectivity index (χ1n) is 8.71. The quantitative estimate of drug-likeness (QED) is 0.845. The largest absolute Gasteiger partial charge is 0.353 e. The number of piperidine rings is 1. The third-order valence-corrected chi connectivity index (χ3v) is 5.93. The summed E-state index contributed by atoms with van der Waals surface area (Å²) in [5, 5.41) is 3.57. The number of carbonyl (C=O) groups excluding carboxylic acids is 2. The highest BCUT2D eigenvalue weighted by molar-refractivity contribution is 7.99. The van der Waals surface area contributed by atoms with E-state index in [4.69, 9.17) is 0 Å². The van der Waals surface area contributed by atoms with Crippen LogP contribution in [0.1, 0.15) is 58.3 Å². The number of thioether (sulfide) groups is 1. The molecule has 22 heavy (non-hydrogen) atoms. The monoisotopic (exact) mass is 326 g/mol. The fourth-order valence-electron chi connectivity index (χ4n) is 3.44. The van der Waals surface area contributed by atoms with Crippen molar-refractivity contribution in [2.24, 2.45) is 5.92 Å². The van der Waals surface area contributed by atoms with Gasteiger partial charge in [0.2, 0.25) is 11.8 Å². The summed E-state index contributed by atoms with van der Waals surface area (Å²) in [5.74, 6) is 0.364. The summed E-state index contributed by atoms with van der Waals surface area (Å²) in [7, 11) is 0. The van der Waals surface area contributed by atoms with Crippen LogP contribution in [0.15, 0.2) is 0 Å². The molecule has 1 N–H and O–H groups in total. The van der Waals surface area contributed by atoms with Gasteiger partial charge in [0.1, 0.15) is 0 Å². The molecule has 2 fully saturated rings. The third-order valence-electron chi connectivity index (χ3n) is 4.96. The van der Waals surface area contributed by atoms with Crippen LogP contribution in [0, 0.1) is 5.92 Å². The Bertz CT molecular complexity index is 383. The first-order chi connectivity index (χ1) is 10.6. The van der Waals surface area contributed by atoms with E-state index in [1.165, 1.54) is 19.3 Å². The van der Waals surface area contributed by atoms with Crippen molar-refractivity contribution in [3.05, 3.63) is 0 Å². The van der Waals surface area contributed by atoms with E-state index < -0.39 is 0 Å². The highest BCUT2D eigenvalue weighted by Gasteiger charge is 2.30. The number of hydrogen-bond donors (Lipinski definition) is 1. The SMILES string of the molecule is CS[C@@H](C)CC(=O)N1CCC[C@@H](C(=O)NC2CCCCC2)C1. The number of rotatable bonds is 5. The topological polar surface area (TPSA) is 49.4 Å². The summed E-state index contributed by atoms with van der Waals surface area (Å²) >= 11 is 1.72. The first-order valence-corrected chi connectivity index (χ1v) is 10.00. The molecule has 0 spiro atoms. The first kappa shape index (κ1) is 17.6. The second-order valence-corrected chi connectivity index (χ2v) is 8.05. The molecular formula is C17H30N2O2S. The van der Waals surface area contributed by atoms with E-state index >= 15 is 0 Å². The summed E-state index contributed by atoms with van der Waals surface area (Å²) in [6.07, 6.45) is 10.5. The molecule has 2 atom stereocenters. The second kappa shape index (κ2) is 8.80. The van der Waals surface area contributed by atoms with E-state index in [0.717, 1.165) is 32.2 Å². The van der Waals surface area contributed by atoms with Crippen molar-refractivity contribution in [3.63, 3.8) is 0 Å². The van der Waals surface area contributed by atoms with Gasteiger partial charge in [-0.15, -0.1) is 0 Å². The van der Waals surface area contributed by atoms with Gasteiger partial charge in [0, 0.05) is 30.8 Å². The van der Waals surface area contributed by atoms with Crippen LogP contribution in [-0.4, -0.2) is 47.4 Å². The molecule has 1 heterocycles. The zero-order chi connectivity index (χ0) is 15.9. The van der Waals surface area contributed by atoms with Crippen molar-refractivity contribution in [2.75, 3.05) is 19.3 Å². The summed E-state index contributed by atoms with van der Waals surface area (Å²) in [5.41, 5.74) is 0. The van der Waals surface area contributed by atoms with Crippen molar-refractivity contribution < 1.29 is 9.59 Å². The van der Waals surface area contributed by atoms with Crippen LogP contribution in [0.2, 0.25) is 0 Å². The number of likely N-dealkylation sites (tertiary alicyclic amines) is 1. The van der Waals surface area contributed by atoms with Gasteiger partial charge >= 0.3 is 0 Å². The predicted molar refractivity (Wildman–Crippen MR) is 91.9 cm³/mol. The van der Waals surface area contributed by atoms with Crippen molar-refractivity contribution in [2.45, 2.75) is 69.6 Å². The number of nitrogens with one attached hydrogen (secondary N) is 1. The van der Waals surface area contributed by atoms with Crippen LogP contribution in [0.5, 0.6) is 0 Å². The minimum absolute atomic E-state index is 0.00999. The molecule has 0 unspecified atom stereocenters. The van der Waals surface area contributed by atoms with Gasteiger partial charge in [0.15, 0.2) is 0 Å². The fourth-order valence-corrected chi connectivity index (χ4v) is 3.75. The Morgan fingerprint density at radius 2 is 1.91 bits per heavy atom. The maximum atomic E-state index is 12.5. The van der Waals surface area contributed by atoms with Gasteiger partial charge in [-0.25, -0.2) is 0 Å². The van der Waals surface area contributed by atoms with Gasteiger partial charge in [0.25, 0.3) is 0 Å². The zero-order valence-electron chi connectivity index (χ0n) is 14.0. The van der Waals surface area contributed by atoms with Crippen molar-refractivity contribution in [1.82, 2.24) is 10.2 Å². The maximum absolute atomic E-state index is 12.5. The molecule has 0 aromatic heterocycles. The van der Waals surface area contributed by atoms with E-state index in [-0.39, 0.29) is 17.7 Å². The lowest BCUT2D eigenvalue weighted by Gasteiger charge is -2.34. The lowest BCUT2D eigenvalue weighted by molar-refractivity contribution is -0.135. The number of hydrogen-bond acceptors (Lipinski definition) is 3. The van der Waals surface area contributed by atoms with Crippen LogP contribution >= 0.6 is 11.8 Å². The standard InChI is InChI=1S/C17H30N2O2S/c1-13(22-2)11-16(20)19-10-6-7-14(12-19)17(21)18-15-8-4-3-5-9-15/h13-15H,3-12H2,1-2H3,(H,18,21)/t13-,14+/m0/s1. The van der Waals surface area contributed by atoms with Gasteiger partial charge in [-0.1, -0.05) is 26.2 Å². The van der Waals surface area contributed by atoms with E-state index in [9.17, 15) is 9.59 Å². The normalized spacial score (nSPS) is 24.8. The van der Waals surface area contributed by atoms with Crippen molar-refractivity contribution in [1.29, 1.82) is 0 Å². The summed E-state index contributed by atoms with van der Waals surface area (Å²) in [6.45, 7) is 3.51. The van der Waals surface area contributed by atoms with Crippen LogP contribution in [-0.2, 0) is 9.59 Å². The van der Waals surface area contributed by atoms with Gasteiger partial charge in [0.05, 0.1) is 5.92 Å². The molecule has 0 radical (unpaired) electrons. The third kappa shape index (κ3) is 5.18. The molecule has 2 rings (SSSR count). The second-order valence-electron chi connectivity index (χ2n) is 6.77. The minimum atomic E-state index is -0.00999. The molecule has 5 heteroatoms. The predicted octanol–water partition coefficient (Wildman–Crippen LogP) is 2.82. The maximum Gasteiger partial charge on any atom is 0.225 e. The Morgan fingerprint density at radius 3 is 2.59 bits per heavy atom. The van der Waals surface area contributed by atoms with Crippen molar-refractivity contribution >= 4 is 23.6 Å². The number of carbonyl (C=O) groups is 2. The average molecular weight is 327 g/mol. The van der Waals surface area contributed by atoms with Crippen LogP contribution < -0.4 is 5.32 Å². The molecule has 2 aliphatic rings. The van der Waals surface area contributed by atoms with Crippen LogP contribution in [0.3, 0.4) is 0 Å². The highest BCUT2D eigenvalue weighted by Crippen LogP contribution is 2.22. The van der Waals surface area contributed by atoms with E-state index in [1.807, 2.05) is 11.2 Å². The molecule has 126 valence electrons. The van der Waals surface area contributed by atoms with E-state index in [2.05, 4.69) is 12.2 Å². The summed E-state index contributed by atoms with van der Waals surface area (Å²) in [6, 6.07) is 0.365. The Labute approximate surface area is 138 Å². The van der Waals surface area contributed by atoms with Crippen LogP contribution in [0.4, 0.5) is 0 Å². The Balaban J connectivity index is 1.81. The summed E-state index contributed by atoms with van der Waals surface area (Å²) in [4.78, 5) is 26.7. The molecule has 1 saturated carbocycles. The van der Waals surface area contributed by atoms with Crippen LogP contribution in [0.25, 0.3) is 0 Å². The number of nitrogens with zero attached hydrogens (tertiary/aromatic N) is 1. The average Bonchev–Trinajstić information content (AvgIpc) is 2.55. The molecular weight excluding hydrogens is 296 g/mol. The smallest absolute Gasteiger partial charge is 0.225 e. The van der Waals surface area contributed by atoms with E-state index in [0.29, 0.717) is 24.3 Å². The lowest BCUT2D eigenvalue weighted by atomic mass is 9.93. The van der Waals surface area contributed by atoms with Gasteiger partial charge in [-0.3, -0.25) is 9.59 Å². The zero-order valence-corrected chi connectivity index (χ0v) is 14.8. The van der Waals surface area contributed by atoms with Crippen molar-refractivity contribution in [3.8, 4) is 0 Å². The Morgan fingerprint density at radius 1 is 1.18 bits per heavy atom. The van der Waals surface area contributed by atoms with Gasteiger partial charge in [-0.05, 0) is 31.9 Å². The lowest BCUT2D eigenvalue weighted by Crippen LogP contribution is -2.48. The molecule has 2 amide bonds. The van der Waals surface area contributed by atoms with E-state index in [1.54, 1.807) is 11.8 Å². The molecule has 1 saturated heterocycles. The Kier molecular flexibility index (Phi) is 7.06. The Hall–Kier alpha value is -0.710. The molecule has 0 aromatic carbocycles. The molecule has 1 aliphatic heterocycles. The molecule has 4 nitrogen and oxygen atoms in total. The fraction of sp³-hybridized carbons (Fsp3) is 0.882. The van der Waals surface area contributed by atoms with Gasteiger partial charge in [-0.2, -0.15) is 11.8 Å². The molecule has 0 aromatic rings. The van der Waals surface area contributed by atoms with Gasteiger partial charge < -0.3 is 10.2 Å².